The summed E-state index contributed by atoms with van der Waals surface area (Å²) in [5.74, 6) is 2.12. The molecule has 1 aliphatic heterocycles. The van der Waals surface area contributed by atoms with Crippen molar-refractivity contribution in [3.63, 3.8) is 0 Å². The molecule has 1 saturated heterocycles. The fourth-order valence-electron chi connectivity index (χ4n) is 2.94. The van der Waals surface area contributed by atoms with E-state index < -0.39 is 0 Å². The van der Waals surface area contributed by atoms with Gasteiger partial charge in [-0.05, 0) is 19.8 Å². The van der Waals surface area contributed by atoms with Crippen LogP contribution in [0.2, 0.25) is 0 Å². The van der Waals surface area contributed by atoms with Gasteiger partial charge in [-0.2, -0.15) is 4.98 Å². The molecule has 0 bridgehead atoms. The maximum absolute atomic E-state index is 5.36. The molecular weight excluding hydrogens is 312 g/mol. The van der Waals surface area contributed by atoms with Gasteiger partial charge in [-0.25, -0.2) is 9.50 Å². The number of hydrogen-bond donors (Lipinski definition) is 0. The number of nitrogens with zero attached hydrogens (tertiary/aromatic N) is 6. The average Bonchev–Trinajstić information content (AvgIpc) is 3.21. The van der Waals surface area contributed by atoms with Gasteiger partial charge in [0.15, 0.2) is 5.82 Å². The van der Waals surface area contributed by atoms with E-state index in [1.54, 1.807) is 11.3 Å². The van der Waals surface area contributed by atoms with Crippen molar-refractivity contribution in [3.8, 4) is 0 Å². The molecule has 0 unspecified atom stereocenters. The molecule has 0 aromatic carbocycles. The van der Waals surface area contributed by atoms with E-state index >= 15 is 0 Å². The highest BCUT2D eigenvalue weighted by Crippen LogP contribution is 2.31. The molecule has 0 N–H and O–H groups in total. The molecule has 0 saturated carbocycles. The van der Waals surface area contributed by atoms with Crippen molar-refractivity contribution in [3.05, 3.63) is 23.6 Å². The van der Waals surface area contributed by atoms with Crippen LogP contribution in [0.4, 0.5) is 5.13 Å². The van der Waals surface area contributed by atoms with E-state index in [9.17, 15) is 0 Å². The summed E-state index contributed by atoms with van der Waals surface area (Å²) >= 11 is 1.63. The van der Waals surface area contributed by atoms with Crippen LogP contribution in [-0.4, -0.2) is 37.8 Å². The Morgan fingerprint density at radius 3 is 2.96 bits per heavy atom. The lowest BCUT2D eigenvalue weighted by molar-refractivity contribution is 0.354. The first-order chi connectivity index (χ1) is 11.1. The molecule has 3 aromatic rings. The van der Waals surface area contributed by atoms with Crippen LogP contribution in [0.25, 0.3) is 4.96 Å². The zero-order valence-corrected chi connectivity index (χ0v) is 14.4. The van der Waals surface area contributed by atoms with E-state index in [4.69, 9.17) is 4.52 Å². The molecule has 0 amide bonds. The molecular formula is C15H20N6OS. The molecule has 23 heavy (non-hydrogen) atoms. The summed E-state index contributed by atoms with van der Waals surface area (Å²) in [5.41, 5.74) is 1.000. The molecule has 122 valence electrons. The fraction of sp³-hybridized carbons (Fsp3) is 0.600. The summed E-state index contributed by atoms with van der Waals surface area (Å²) < 4.78 is 7.23. The Bertz CT molecular complexity index is 788. The van der Waals surface area contributed by atoms with E-state index in [1.807, 2.05) is 17.6 Å². The smallest absolute Gasteiger partial charge is 0.229 e. The molecule has 4 heterocycles. The lowest BCUT2D eigenvalue weighted by Gasteiger charge is -2.30. The van der Waals surface area contributed by atoms with E-state index in [0.29, 0.717) is 5.92 Å². The highest BCUT2D eigenvalue weighted by Gasteiger charge is 2.27. The van der Waals surface area contributed by atoms with Crippen molar-refractivity contribution >= 4 is 21.4 Å². The number of piperidine rings is 1. The minimum absolute atomic E-state index is 0.269. The van der Waals surface area contributed by atoms with Crippen LogP contribution < -0.4 is 4.90 Å². The largest absolute Gasteiger partial charge is 0.346 e. The first-order valence-electron chi connectivity index (χ1n) is 8.01. The van der Waals surface area contributed by atoms with Crippen LogP contribution in [0.15, 0.2) is 10.7 Å². The number of aromatic nitrogens is 5. The summed E-state index contributed by atoms with van der Waals surface area (Å²) in [6, 6.07) is 0. The zero-order chi connectivity index (χ0) is 16.0. The van der Waals surface area contributed by atoms with Crippen molar-refractivity contribution in [1.29, 1.82) is 0 Å². The van der Waals surface area contributed by atoms with E-state index in [-0.39, 0.29) is 5.92 Å². The van der Waals surface area contributed by atoms with Crippen molar-refractivity contribution in [2.45, 2.75) is 45.4 Å². The summed E-state index contributed by atoms with van der Waals surface area (Å²) in [6.07, 6.45) is 4.16. The minimum Gasteiger partial charge on any atom is -0.346 e. The van der Waals surface area contributed by atoms with E-state index in [2.05, 4.69) is 39.0 Å². The van der Waals surface area contributed by atoms with Crippen molar-refractivity contribution in [1.82, 2.24) is 24.7 Å². The highest BCUT2D eigenvalue weighted by atomic mass is 32.1. The van der Waals surface area contributed by atoms with Gasteiger partial charge >= 0.3 is 0 Å². The predicted octanol–water partition coefficient (Wildman–Crippen LogP) is 2.99. The Balaban J connectivity index is 1.54. The number of aryl methyl sites for hydroxylation is 1. The van der Waals surface area contributed by atoms with Gasteiger partial charge in [0.2, 0.25) is 16.0 Å². The predicted molar refractivity (Wildman–Crippen MR) is 88.2 cm³/mol. The van der Waals surface area contributed by atoms with Gasteiger partial charge in [0, 0.05) is 24.9 Å². The average molecular weight is 332 g/mol. The normalized spacial score (nSPS) is 19.1. The van der Waals surface area contributed by atoms with Gasteiger partial charge < -0.3 is 9.42 Å². The molecule has 3 aromatic heterocycles. The number of anilines is 1. The lowest BCUT2D eigenvalue weighted by atomic mass is 9.98. The van der Waals surface area contributed by atoms with Crippen molar-refractivity contribution in [2.75, 3.05) is 18.0 Å². The first-order valence-corrected chi connectivity index (χ1v) is 8.83. The molecule has 8 heteroatoms. The molecule has 1 aliphatic rings. The number of rotatable bonds is 3. The van der Waals surface area contributed by atoms with Crippen LogP contribution in [0, 0.1) is 6.92 Å². The van der Waals surface area contributed by atoms with Crippen LogP contribution in [0.3, 0.4) is 0 Å². The summed E-state index contributed by atoms with van der Waals surface area (Å²) in [6.45, 7) is 8.02. The van der Waals surface area contributed by atoms with Crippen LogP contribution in [0.5, 0.6) is 0 Å². The standard InChI is InChI=1S/C15H20N6OS/c1-9(2)13-17-12(19-22-13)11-5-4-6-20(8-11)15-18-21-7-10(3)16-14(21)23-15/h7,9,11H,4-6,8H2,1-3H3/t11-/m1/s1. The van der Waals surface area contributed by atoms with Crippen LogP contribution in [-0.2, 0) is 0 Å². The minimum atomic E-state index is 0.269. The quantitative estimate of drug-likeness (QED) is 0.734. The number of hydrogen-bond acceptors (Lipinski definition) is 7. The lowest BCUT2D eigenvalue weighted by Crippen LogP contribution is -2.34. The maximum Gasteiger partial charge on any atom is 0.229 e. The second-order valence-corrected chi connectivity index (χ2v) is 7.36. The molecule has 1 fully saturated rings. The Kier molecular flexibility index (Phi) is 3.56. The topological polar surface area (TPSA) is 72.3 Å². The van der Waals surface area contributed by atoms with Gasteiger partial charge in [0.25, 0.3) is 0 Å². The monoisotopic (exact) mass is 332 g/mol. The Labute approximate surface area is 138 Å². The highest BCUT2D eigenvalue weighted by molar-refractivity contribution is 7.20. The van der Waals surface area contributed by atoms with Gasteiger partial charge in [-0.1, -0.05) is 30.3 Å². The SMILES string of the molecule is Cc1cn2nc(N3CCC[C@@H](c4noc(C(C)C)n4)C3)sc2n1. The molecule has 0 radical (unpaired) electrons. The van der Waals surface area contributed by atoms with Gasteiger partial charge in [0.05, 0.1) is 11.9 Å². The van der Waals surface area contributed by atoms with E-state index in [0.717, 1.165) is 53.4 Å². The summed E-state index contributed by atoms with van der Waals surface area (Å²) in [5, 5.41) is 9.86. The van der Waals surface area contributed by atoms with Crippen molar-refractivity contribution in [2.24, 2.45) is 0 Å². The number of fused-ring (bicyclic) bond motifs is 1. The van der Waals surface area contributed by atoms with Crippen molar-refractivity contribution < 1.29 is 4.52 Å². The molecule has 0 spiro atoms. The van der Waals surface area contributed by atoms with Crippen LogP contribution >= 0.6 is 11.3 Å². The fourth-order valence-corrected chi connectivity index (χ4v) is 3.90. The Morgan fingerprint density at radius 1 is 1.35 bits per heavy atom. The van der Waals surface area contributed by atoms with Gasteiger partial charge in [0.1, 0.15) is 0 Å². The Morgan fingerprint density at radius 2 is 2.22 bits per heavy atom. The second-order valence-electron chi connectivity index (χ2n) is 6.42. The number of imidazole rings is 1. The third-order valence-electron chi connectivity index (χ3n) is 4.16. The van der Waals surface area contributed by atoms with Gasteiger partial charge in [-0.3, -0.25) is 0 Å². The van der Waals surface area contributed by atoms with Gasteiger partial charge in [-0.15, -0.1) is 5.10 Å². The van der Waals surface area contributed by atoms with E-state index in [1.165, 1.54) is 0 Å². The Hall–Kier alpha value is -1.96. The summed E-state index contributed by atoms with van der Waals surface area (Å²) in [7, 11) is 0. The molecule has 7 nitrogen and oxygen atoms in total. The third-order valence-corrected chi connectivity index (χ3v) is 5.14. The third kappa shape index (κ3) is 2.71. The molecule has 4 rings (SSSR count). The maximum atomic E-state index is 5.36. The molecule has 1 atom stereocenters. The van der Waals surface area contributed by atoms with Crippen LogP contribution in [0.1, 0.15) is 55.9 Å². The second kappa shape index (κ2) is 5.59. The molecule has 0 aliphatic carbocycles. The summed E-state index contributed by atoms with van der Waals surface area (Å²) in [4.78, 5) is 12.3. The zero-order valence-electron chi connectivity index (χ0n) is 13.6. The first kappa shape index (κ1) is 14.6.